The van der Waals surface area contributed by atoms with Crippen LogP contribution in [0.5, 0.6) is 0 Å². The Morgan fingerprint density at radius 2 is 2.43 bits per heavy atom. The number of aliphatic hydroxyl groups excluding tert-OH is 1. The summed E-state index contributed by atoms with van der Waals surface area (Å²) in [4.78, 5) is 12.1. The molecule has 14 heavy (non-hydrogen) atoms. The van der Waals surface area contributed by atoms with Crippen molar-refractivity contribution >= 4 is 12.1 Å². The number of rotatable bonds is 5. The molecule has 0 saturated carbocycles. The van der Waals surface area contributed by atoms with Gasteiger partial charge in [0.1, 0.15) is 0 Å². The average molecular weight is 193 g/mol. The highest BCUT2D eigenvalue weighted by Gasteiger charge is 2.04. The van der Waals surface area contributed by atoms with Crippen LogP contribution >= 0.6 is 0 Å². The highest BCUT2D eigenvalue weighted by atomic mass is 16.3. The fraction of sp³-hybridized carbons (Fsp3) is 0.300. The van der Waals surface area contributed by atoms with Crippen molar-refractivity contribution < 1.29 is 9.90 Å². The summed E-state index contributed by atoms with van der Waals surface area (Å²) in [7, 11) is 0. The molecule has 4 nitrogen and oxygen atoms in total. The van der Waals surface area contributed by atoms with Crippen molar-refractivity contribution in [2.24, 2.45) is 5.73 Å². The van der Waals surface area contributed by atoms with E-state index >= 15 is 0 Å². The van der Waals surface area contributed by atoms with Crippen LogP contribution in [0.15, 0.2) is 18.2 Å². The normalized spacial score (nSPS) is 9.86. The second kappa shape index (κ2) is 5.36. The zero-order valence-corrected chi connectivity index (χ0v) is 7.81. The second-order valence-electron chi connectivity index (χ2n) is 2.80. The first kappa shape index (κ1) is 10.7. The van der Waals surface area contributed by atoms with Gasteiger partial charge in [-0.05, 0) is 23.8 Å². The molecule has 0 unspecified atom stereocenters. The molecule has 1 aromatic carbocycles. The van der Waals surface area contributed by atoms with E-state index < -0.39 is 0 Å². The van der Waals surface area contributed by atoms with Gasteiger partial charge in [-0.1, -0.05) is 6.07 Å². The lowest BCUT2D eigenvalue weighted by molar-refractivity contribution is -0.107. The lowest BCUT2D eigenvalue weighted by Gasteiger charge is -2.16. The van der Waals surface area contributed by atoms with Crippen molar-refractivity contribution in [2.45, 2.75) is 6.54 Å². The molecule has 1 aromatic rings. The van der Waals surface area contributed by atoms with Crippen LogP contribution < -0.4 is 10.6 Å². The van der Waals surface area contributed by atoms with Gasteiger partial charge in [0.15, 0.2) is 0 Å². The lowest BCUT2D eigenvalue weighted by Crippen LogP contribution is -2.24. The first-order valence-corrected chi connectivity index (χ1v) is 4.35. The maximum Gasteiger partial charge on any atom is 0.214 e. The van der Waals surface area contributed by atoms with Crippen LogP contribution in [0.25, 0.3) is 0 Å². The highest BCUT2D eigenvalue weighted by Crippen LogP contribution is 2.13. The standard InChI is InChI=1S/C10H13N2O2/c11-7-9-2-1-3-10(6-9)12(8-14)4-5-13/h1,3,6,8,13H,4-5,7,11H2. The highest BCUT2D eigenvalue weighted by molar-refractivity contribution is 5.75. The molecule has 0 aliphatic heterocycles. The van der Waals surface area contributed by atoms with E-state index in [1.807, 2.05) is 0 Å². The molecule has 3 N–H and O–H groups in total. The molecular weight excluding hydrogens is 180 g/mol. The summed E-state index contributed by atoms with van der Waals surface area (Å²) in [6, 6.07) is 8.20. The molecule has 1 amide bonds. The van der Waals surface area contributed by atoms with Gasteiger partial charge in [0.05, 0.1) is 6.61 Å². The van der Waals surface area contributed by atoms with E-state index in [0.717, 1.165) is 11.3 Å². The van der Waals surface area contributed by atoms with E-state index in [-0.39, 0.29) is 13.2 Å². The number of benzene rings is 1. The van der Waals surface area contributed by atoms with E-state index in [9.17, 15) is 4.79 Å². The number of nitrogens with two attached hydrogens (primary N) is 1. The minimum atomic E-state index is -0.0602. The Morgan fingerprint density at radius 3 is 3.00 bits per heavy atom. The van der Waals surface area contributed by atoms with Gasteiger partial charge in [0, 0.05) is 18.8 Å². The lowest BCUT2D eigenvalue weighted by atomic mass is 10.2. The fourth-order valence-electron chi connectivity index (χ4n) is 1.15. The molecule has 0 spiro atoms. The number of aliphatic hydroxyl groups is 1. The fourth-order valence-corrected chi connectivity index (χ4v) is 1.15. The largest absolute Gasteiger partial charge is 0.395 e. The number of hydrogen-bond acceptors (Lipinski definition) is 3. The summed E-state index contributed by atoms with van der Waals surface area (Å²) in [5.74, 6) is 0. The first-order chi connectivity index (χ1) is 6.81. The SMILES string of the molecule is NCc1[c]ccc(N(C=O)CCO)c1. The van der Waals surface area contributed by atoms with Gasteiger partial charge in [-0.3, -0.25) is 4.79 Å². The molecule has 0 heterocycles. The van der Waals surface area contributed by atoms with Gasteiger partial charge < -0.3 is 15.7 Å². The summed E-state index contributed by atoms with van der Waals surface area (Å²) >= 11 is 0. The Balaban J connectivity index is 2.86. The van der Waals surface area contributed by atoms with Crippen molar-refractivity contribution in [3.63, 3.8) is 0 Å². The van der Waals surface area contributed by atoms with Gasteiger partial charge in [-0.25, -0.2) is 0 Å². The summed E-state index contributed by atoms with van der Waals surface area (Å²) in [5, 5.41) is 8.72. The Hall–Kier alpha value is -1.39. The summed E-state index contributed by atoms with van der Waals surface area (Å²) < 4.78 is 0. The van der Waals surface area contributed by atoms with Crippen LogP contribution in [0.4, 0.5) is 5.69 Å². The number of carbonyl (C=O) groups excluding carboxylic acids is 1. The first-order valence-electron chi connectivity index (χ1n) is 4.35. The summed E-state index contributed by atoms with van der Waals surface area (Å²) in [5.41, 5.74) is 7.02. The van der Waals surface area contributed by atoms with Gasteiger partial charge in [-0.2, -0.15) is 0 Å². The average Bonchev–Trinajstić information content (AvgIpc) is 2.26. The van der Waals surface area contributed by atoms with E-state index in [1.165, 1.54) is 4.90 Å². The van der Waals surface area contributed by atoms with E-state index in [1.54, 1.807) is 18.2 Å². The maximum atomic E-state index is 10.7. The third kappa shape index (κ3) is 2.55. The van der Waals surface area contributed by atoms with Crippen molar-refractivity contribution in [1.29, 1.82) is 0 Å². The van der Waals surface area contributed by atoms with E-state index in [4.69, 9.17) is 10.8 Å². The zero-order valence-electron chi connectivity index (χ0n) is 7.81. The van der Waals surface area contributed by atoms with Gasteiger partial charge in [0.25, 0.3) is 0 Å². The van der Waals surface area contributed by atoms with E-state index in [2.05, 4.69) is 6.07 Å². The number of amides is 1. The van der Waals surface area contributed by atoms with Crippen LogP contribution in [-0.4, -0.2) is 24.7 Å². The molecule has 75 valence electrons. The van der Waals surface area contributed by atoms with Crippen LogP contribution in [0.1, 0.15) is 5.56 Å². The molecule has 4 heteroatoms. The molecule has 1 radical (unpaired) electrons. The zero-order chi connectivity index (χ0) is 10.4. The molecule has 0 aliphatic rings. The number of nitrogens with zero attached hydrogens (tertiary/aromatic N) is 1. The number of carbonyl (C=O) groups is 1. The molecule has 0 aromatic heterocycles. The van der Waals surface area contributed by atoms with Crippen LogP contribution in [0.2, 0.25) is 0 Å². The van der Waals surface area contributed by atoms with Crippen molar-refractivity contribution in [2.75, 3.05) is 18.1 Å². The van der Waals surface area contributed by atoms with Crippen molar-refractivity contribution in [3.05, 3.63) is 29.8 Å². The Labute approximate surface area is 82.9 Å². The monoisotopic (exact) mass is 193 g/mol. The molecule has 0 atom stereocenters. The predicted octanol–water partition coefficient (Wildman–Crippen LogP) is -0.0994. The van der Waals surface area contributed by atoms with Crippen molar-refractivity contribution in [3.8, 4) is 0 Å². The Kier molecular flexibility index (Phi) is 4.10. The topological polar surface area (TPSA) is 66.6 Å². The smallest absolute Gasteiger partial charge is 0.214 e. The third-order valence-electron chi connectivity index (χ3n) is 1.86. The summed E-state index contributed by atoms with van der Waals surface area (Å²) in [6.45, 7) is 0.618. The molecule has 1 rings (SSSR count). The number of anilines is 1. The van der Waals surface area contributed by atoms with Gasteiger partial charge in [-0.15, -0.1) is 0 Å². The maximum absolute atomic E-state index is 10.7. The summed E-state index contributed by atoms with van der Waals surface area (Å²) in [6.07, 6.45) is 0.686. The second-order valence-corrected chi connectivity index (χ2v) is 2.80. The molecule has 0 saturated heterocycles. The van der Waals surface area contributed by atoms with Gasteiger partial charge >= 0.3 is 0 Å². The Morgan fingerprint density at radius 1 is 1.64 bits per heavy atom. The van der Waals surface area contributed by atoms with E-state index in [0.29, 0.717) is 13.0 Å². The number of hydrogen-bond donors (Lipinski definition) is 2. The minimum absolute atomic E-state index is 0.0602. The third-order valence-corrected chi connectivity index (χ3v) is 1.86. The molecule has 0 aliphatic carbocycles. The minimum Gasteiger partial charge on any atom is -0.395 e. The predicted molar refractivity (Wildman–Crippen MR) is 53.7 cm³/mol. The van der Waals surface area contributed by atoms with Crippen molar-refractivity contribution in [1.82, 2.24) is 0 Å². The molecule has 0 bridgehead atoms. The molecular formula is C10H13N2O2. The van der Waals surface area contributed by atoms with Gasteiger partial charge in [0.2, 0.25) is 6.41 Å². The Bertz CT molecular complexity index is 302. The molecule has 0 fully saturated rings. The van der Waals surface area contributed by atoms with Crippen LogP contribution in [0, 0.1) is 6.07 Å². The quantitative estimate of drug-likeness (QED) is 0.642. The van der Waals surface area contributed by atoms with Crippen LogP contribution in [-0.2, 0) is 11.3 Å². The van der Waals surface area contributed by atoms with Crippen LogP contribution in [0.3, 0.4) is 0 Å².